The topological polar surface area (TPSA) is 12.5 Å². The fourth-order valence-corrected chi connectivity index (χ4v) is 13.6. The van der Waals surface area contributed by atoms with Crippen molar-refractivity contribution in [3.63, 3.8) is 0 Å². The molecule has 13 rings (SSSR count). The fourth-order valence-electron chi connectivity index (χ4n) is 12.3. The van der Waals surface area contributed by atoms with Crippen molar-refractivity contribution < 1.29 is 4.74 Å². The van der Waals surface area contributed by atoms with E-state index < -0.39 is 0 Å². The number of thiophene rings is 1. The third-order valence-electron chi connectivity index (χ3n) is 14.8. The van der Waals surface area contributed by atoms with Crippen LogP contribution in [0.25, 0.3) is 42.4 Å². The molecule has 2 nitrogen and oxygen atoms in total. The first-order chi connectivity index (χ1) is 28.9. The number of aryl methyl sites for hydroxylation is 1. The summed E-state index contributed by atoms with van der Waals surface area (Å²) >= 11 is 1.90. The van der Waals surface area contributed by atoms with Gasteiger partial charge >= 0.3 is 0 Å². The Hall–Kier alpha value is -5.64. The van der Waals surface area contributed by atoms with Crippen molar-refractivity contribution in [3.05, 3.63) is 174 Å². The summed E-state index contributed by atoms with van der Waals surface area (Å²) in [6, 6.07) is 56.8. The summed E-state index contributed by atoms with van der Waals surface area (Å²) in [6.07, 6.45) is 6.90. The molecule has 8 aromatic rings. The molecule has 3 heteroatoms. The molecule has 290 valence electrons. The molecule has 0 saturated heterocycles. The number of benzene rings is 7. The normalized spacial score (nSPS) is 22.1. The highest BCUT2D eigenvalue weighted by atomic mass is 32.1. The molecule has 0 unspecified atom stereocenters. The number of ether oxygens (including phenoxy) is 1. The van der Waals surface area contributed by atoms with Gasteiger partial charge < -0.3 is 9.64 Å². The van der Waals surface area contributed by atoms with E-state index in [0.29, 0.717) is 5.92 Å². The van der Waals surface area contributed by atoms with Gasteiger partial charge in [-0.2, -0.15) is 0 Å². The maximum atomic E-state index is 6.99. The predicted octanol–water partition coefficient (Wildman–Crippen LogP) is 16.1. The quantitative estimate of drug-likeness (QED) is 0.160. The van der Waals surface area contributed by atoms with Crippen molar-refractivity contribution in [2.24, 2.45) is 23.7 Å². The minimum absolute atomic E-state index is 0.108. The van der Waals surface area contributed by atoms with Crippen LogP contribution in [0.3, 0.4) is 0 Å². The van der Waals surface area contributed by atoms with E-state index in [1.54, 1.807) is 0 Å². The zero-order chi connectivity index (χ0) is 39.4. The highest BCUT2D eigenvalue weighted by molar-refractivity contribution is 7.26. The molecule has 0 amide bonds. The van der Waals surface area contributed by atoms with Gasteiger partial charge in [0, 0.05) is 48.2 Å². The van der Waals surface area contributed by atoms with Gasteiger partial charge in [0.15, 0.2) is 0 Å². The van der Waals surface area contributed by atoms with Gasteiger partial charge in [-0.1, -0.05) is 111 Å². The number of nitrogens with zero attached hydrogens (tertiary/aromatic N) is 1. The van der Waals surface area contributed by atoms with Crippen LogP contribution < -0.4 is 9.64 Å². The summed E-state index contributed by atoms with van der Waals surface area (Å²) in [6.45, 7) is 6.94. The Labute approximate surface area is 352 Å². The third kappa shape index (κ3) is 5.65. The van der Waals surface area contributed by atoms with Crippen molar-refractivity contribution in [2.75, 3.05) is 4.90 Å². The summed E-state index contributed by atoms with van der Waals surface area (Å²) < 4.78 is 9.67. The molecule has 1 aromatic heterocycles. The van der Waals surface area contributed by atoms with Crippen molar-refractivity contribution in [1.82, 2.24) is 0 Å². The zero-order valence-electron chi connectivity index (χ0n) is 34.1. The molecule has 0 radical (unpaired) electrons. The van der Waals surface area contributed by atoms with Crippen molar-refractivity contribution >= 4 is 48.6 Å². The van der Waals surface area contributed by atoms with Crippen LogP contribution in [0.5, 0.6) is 11.5 Å². The van der Waals surface area contributed by atoms with E-state index in [4.69, 9.17) is 4.74 Å². The molecule has 1 heterocycles. The number of hydrogen-bond acceptors (Lipinski definition) is 3. The minimum Gasteiger partial charge on any atom is -0.457 e. The molecular weight excluding hydrogens is 735 g/mol. The Morgan fingerprint density at radius 2 is 1.20 bits per heavy atom. The van der Waals surface area contributed by atoms with Crippen LogP contribution in [-0.4, -0.2) is 0 Å². The van der Waals surface area contributed by atoms with Gasteiger partial charge in [0.05, 0.1) is 0 Å². The lowest BCUT2D eigenvalue weighted by Crippen LogP contribution is -2.43. The van der Waals surface area contributed by atoms with E-state index in [9.17, 15) is 0 Å². The van der Waals surface area contributed by atoms with Crippen LogP contribution in [0.2, 0.25) is 0 Å². The van der Waals surface area contributed by atoms with E-state index in [-0.39, 0.29) is 5.41 Å². The summed E-state index contributed by atoms with van der Waals surface area (Å²) in [4.78, 5) is 2.53. The lowest BCUT2D eigenvalue weighted by atomic mass is 9.50. The summed E-state index contributed by atoms with van der Waals surface area (Å²) in [5, 5.41) is 2.66. The molecule has 0 atom stereocenters. The van der Waals surface area contributed by atoms with E-state index >= 15 is 0 Å². The van der Waals surface area contributed by atoms with Crippen molar-refractivity contribution in [3.8, 4) is 33.8 Å². The fraction of sp³-hybridized carbons (Fsp3) is 0.250. The Morgan fingerprint density at radius 1 is 0.542 bits per heavy atom. The van der Waals surface area contributed by atoms with E-state index in [1.807, 2.05) is 11.3 Å². The van der Waals surface area contributed by atoms with Crippen LogP contribution in [0, 0.1) is 30.6 Å². The van der Waals surface area contributed by atoms with Gasteiger partial charge in [-0.15, -0.1) is 11.3 Å². The molecule has 0 aliphatic heterocycles. The second-order valence-corrected chi connectivity index (χ2v) is 19.7. The van der Waals surface area contributed by atoms with E-state index in [2.05, 4.69) is 177 Å². The first kappa shape index (κ1) is 35.3. The minimum atomic E-state index is -0.108. The highest BCUT2D eigenvalue weighted by Gasteiger charge is 2.49. The lowest BCUT2D eigenvalue weighted by molar-refractivity contribution is -0.00334. The molecule has 0 spiro atoms. The van der Waals surface area contributed by atoms with Gasteiger partial charge in [0.25, 0.3) is 0 Å². The Kier molecular flexibility index (Phi) is 8.05. The average molecular weight is 784 g/mol. The Morgan fingerprint density at radius 3 is 2.05 bits per heavy atom. The molecule has 59 heavy (non-hydrogen) atoms. The smallest absolute Gasteiger partial charge is 0.131 e. The zero-order valence-corrected chi connectivity index (χ0v) is 34.9. The third-order valence-corrected chi connectivity index (χ3v) is 16.0. The summed E-state index contributed by atoms with van der Waals surface area (Å²) in [5.41, 5.74) is 14.0. The Balaban J connectivity index is 1.05. The molecule has 4 saturated carbocycles. The Bertz CT molecular complexity index is 2920. The van der Waals surface area contributed by atoms with Crippen LogP contribution >= 0.6 is 11.3 Å². The number of anilines is 3. The second-order valence-electron chi connectivity index (χ2n) is 18.6. The lowest BCUT2D eigenvalue weighted by Gasteiger charge is -2.54. The van der Waals surface area contributed by atoms with E-state index in [1.165, 1.54) is 108 Å². The monoisotopic (exact) mass is 783 g/mol. The van der Waals surface area contributed by atoms with Crippen LogP contribution in [-0.2, 0) is 5.41 Å². The molecule has 4 bridgehead atoms. The number of para-hydroxylation sites is 1. The first-order valence-electron chi connectivity index (χ1n) is 21.8. The molecule has 4 fully saturated rings. The number of fused-ring (bicyclic) bond motifs is 6. The number of rotatable bonds is 7. The van der Waals surface area contributed by atoms with Crippen LogP contribution in [0.4, 0.5) is 17.1 Å². The maximum absolute atomic E-state index is 6.99. The predicted molar refractivity (Wildman–Crippen MR) is 248 cm³/mol. The largest absolute Gasteiger partial charge is 0.457 e. The second kappa shape index (κ2) is 13.4. The molecular formula is C56H49NOS. The molecule has 5 aliphatic carbocycles. The van der Waals surface area contributed by atoms with Gasteiger partial charge in [0.1, 0.15) is 11.5 Å². The van der Waals surface area contributed by atoms with Crippen LogP contribution in [0.15, 0.2) is 152 Å². The summed E-state index contributed by atoms with van der Waals surface area (Å²) in [5.74, 6) is 5.73. The first-order valence-corrected chi connectivity index (χ1v) is 22.6. The van der Waals surface area contributed by atoms with Crippen molar-refractivity contribution in [2.45, 2.75) is 64.2 Å². The van der Waals surface area contributed by atoms with Gasteiger partial charge in [0.2, 0.25) is 0 Å². The highest BCUT2D eigenvalue weighted by Crippen LogP contribution is 2.61. The summed E-state index contributed by atoms with van der Waals surface area (Å²) in [7, 11) is 0. The maximum Gasteiger partial charge on any atom is 0.131 e. The molecule has 7 aromatic carbocycles. The van der Waals surface area contributed by atoms with Gasteiger partial charge in [-0.05, 0) is 162 Å². The van der Waals surface area contributed by atoms with Crippen LogP contribution in [0.1, 0.15) is 74.1 Å². The van der Waals surface area contributed by atoms with Gasteiger partial charge in [-0.25, -0.2) is 0 Å². The SMILES string of the molecule is Cc1ccccc1Oc1ccc(N(c2cccc(-c3cccc4c3sc3ccccc34)c2)c2ccc3c(c2)C(C)(C)c2ccccc2-3)cc1C1C2CC3CC(C2)CC1C3. The van der Waals surface area contributed by atoms with Gasteiger partial charge in [-0.3, -0.25) is 0 Å². The van der Waals surface area contributed by atoms with Crippen molar-refractivity contribution in [1.29, 1.82) is 0 Å². The number of hydrogen-bond donors (Lipinski definition) is 0. The average Bonchev–Trinajstić information content (AvgIpc) is 3.74. The standard InChI is InChI=1S/C56H49NOS/c1-34-12-4-8-20-51(34)58-52-25-23-41(32-48(52)54-38-27-35-26-36(29-38)30-39(54)28-35)57(42-22-24-45-44-15-5-7-19-49(44)56(2,3)50(45)33-42)40-14-10-13-37(31-40)43-17-11-18-47-46-16-6-9-21-53(46)59-55(43)47/h4-25,31-33,35-36,38-39,54H,26-30H2,1-3H3. The van der Waals surface area contributed by atoms with E-state index in [0.717, 1.165) is 40.9 Å². The molecule has 5 aliphatic rings. The molecule has 0 N–H and O–H groups in total.